The van der Waals surface area contributed by atoms with Crippen LogP contribution in [-0.4, -0.2) is 40.5 Å². The third-order valence-corrected chi connectivity index (χ3v) is 2.33. The van der Waals surface area contributed by atoms with E-state index in [0.29, 0.717) is 0 Å². The lowest BCUT2D eigenvalue weighted by Gasteiger charge is -2.08. The van der Waals surface area contributed by atoms with Crippen molar-refractivity contribution in [2.24, 2.45) is 0 Å². The number of amides is 2. The largest absolute Gasteiger partial charge is 0.477 e. The molecular formula is C13H17N3O4. The SMILES string of the molecule is CC(C)NC(=O)CCNC(=O)c1ccc(C(=O)O)nc1. The lowest BCUT2D eigenvalue weighted by Crippen LogP contribution is -2.34. The molecule has 0 spiro atoms. The number of pyridine rings is 1. The third-order valence-electron chi connectivity index (χ3n) is 2.33. The second kappa shape index (κ2) is 7.22. The number of carbonyl (C=O) groups excluding carboxylic acids is 2. The van der Waals surface area contributed by atoms with Crippen molar-refractivity contribution in [1.29, 1.82) is 0 Å². The van der Waals surface area contributed by atoms with Gasteiger partial charge >= 0.3 is 5.97 Å². The van der Waals surface area contributed by atoms with Crippen LogP contribution in [0.3, 0.4) is 0 Å². The topological polar surface area (TPSA) is 108 Å². The van der Waals surface area contributed by atoms with E-state index in [1.54, 1.807) is 0 Å². The van der Waals surface area contributed by atoms with Gasteiger partial charge in [-0.25, -0.2) is 9.78 Å². The van der Waals surface area contributed by atoms with Crippen molar-refractivity contribution in [3.8, 4) is 0 Å². The number of hydrogen-bond acceptors (Lipinski definition) is 4. The predicted octanol–water partition coefficient (Wildman–Crippen LogP) is 0.424. The van der Waals surface area contributed by atoms with Gasteiger partial charge in [-0.1, -0.05) is 0 Å². The maximum atomic E-state index is 11.7. The van der Waals surface area contributed by atoms with Gasteiger partial charge in [0.15, 0.2) is 0 Å². The number of hydrogen-bond donors (Lipinski definition) is 3. The van der Waals surface area contributed by atoms with Crippen LogP contribution in [0.4, 0.5) is 0 Å². The Hall–Kier alpha value is -2.44. The Morgan fingerprint density at radius 3 is 2.50 bits per heavy atom. The number of aromatic nitrogens is 1. The summed E-state index contributed by atoms with van der Waals surface area (Å²) in [6.07, 6.45) is 1.37. The smallest absolute Gasteiger partial charge is 0.354 e. The minimum atomic E-state index is -1.15. The molecule has 1 heterocycles. The van der Waals surface area contributed by atoms with Crippen molar-refractivity contribution in [3.63, 3.8) is 0 Å². The highest BCUT2D eigenvalue weighted by atomic mass is 16.4. The molecule has 0 aromatic carbocycles. The Labute approximate surface area is 116 Å². The van der Waals surface area contributed by atoms with Gasteiger partial charge in [0, 0.05) is 25.2 Å². The fourth-order valence-corrected chi connectivity index (χ4v) is 1.44. The second-order valence-electron chi connectivity index (χ2n) is 4.47. The van der Waals surface area contributed by atoms with Gasteiger partial charge < -0.3 is 15.7 Å². The van der Waals surface area contributed by atoms with Crippen LogP contribution in [0.15, 0.2) is 18.3 Å². The minimum Gasteiger partial charge on any atom is -0.477 e. The summed E-state index contributed by atoms with van der Waals surface area (Å²) in [4.78, 5) is 37.3. The van der Waals surface area contributed by atoms with Gasteiger partial charge in [0.1, 0.15) is 5.69 Å². The zero-order chi connectivity index (χ0) is 15.1. The molecule has 0 saturated heterocycles. The standard InChI is InChI=1S/C13H17N3O4/c1-8(2)16-11(17)5-6-14-12(18)9-3-4-10(13(19)20)15-7-9/h3-4,7-8H,5-6H2,1-2H3,(H,14,18)(H,16,17)(H,19,20). The molecule has 3 N–H and O–H groups in total. The average Bonchev–Trinajstić information content (AvgIpc) is 2.37. The summed E-state index contributed by atoms with van der Waals surface area (Å²) in [6, 6.07) is 2.69. The minimum absolute atomic E-state index is 0.0611. The van der Waals surface area contributed by atoms with Crippen molar-refractivity contribution >= 4 is 17.8 Å². The summed E-state index contributed by atoms with van der Waals surface area (Å²) >= 11 is 0. The Balaban J connectivity index is 2.43. The van der Waals surface area contributed by atoms with E-state index in [0.717, 1.165) is 0 Å². The van der Waals surface area contributed by atoms with Crippen LogP contribution in [0.2, 0.25) is 0 Å². The molecule has 0 atom stereocenters. The average molecular weight is 279 g/mol. The molecule has 2 amide bonds. The summed E-state index contributed by atoms with van der Waals surface area (Å²) in [5.41, 5.74) is 0.122. The Morgan fingerprint density at radius 1 is 1.30 bits per heavy atom. The third kappa shape index (κ3) is 5.05. The van der Waals surface area contributed by atoms with Crippen LogP contribution in [0.1, 0.15) is 41.1 Å². The highest BCUT2D eigenvalue weighted by Gasteiger charge is 2.09. The molecule has 1 aromatic rings. The van der Waals surface area contributed by atoms with Gasteiger partial charge in [-0.05, 0) is 26.0 Å². The molecule has 0 radical (unpaired) electrons. The molecule has 0 unspecified atom stereocenters. The van der Waals surface area contributed by atoms with Gasteiger partial charge in [0.05, 0.1) is 5.56 Å². The summed E-state index contributed by atoms with van der Waals surface area (Å²) in [6.45, 7) is 3.91. The first-order valence-corrected chi connectivity index (χ1v) is 6.17. The highest BCUT2D eigenvalue weighted by molar-refractivity contribution is 5.95. The number of carbonyl (C=O) groups is 3. The van der Waals surface area contributed by atoms with Crippen molar-refractivity contribution in [2.75, 3.05) is 6.54 Å². The molecular weight excluding hydrogens is 262 g/mol. The fourth-order valence-electron chi connectivity index (χ4n) is 1.44. The first kappa shape index (κ1) is 15.6. The maximum absolute atomic E-state index is 11.7. The van der Waals surface area contributed by atoms with E-state index >= 15 is 0 Å². The highest BCUT2D eigenvalue weighted by Crippen LogP contribution is 2.00. The van der Waals surface area contributed by atoms with Gasteiger partial charge in [0.2, 0.25) is 5.91 Å². The normalized spacial score (nSPS) is 10.2. The zero-order valence-electron chi connectivity index (χ0n) is 11.3. The summed E-state index contributed by atoms with van der Waals surface area (Å²) in [5, 5.41) is 14.0. The van der Waals surface area contributed by atoms with Crippen LogP contribution in [0.25, 0.3) is 0 Å². The Morgan fingerprint density at radius 2 is 2.00 bits per heavy atom. The molecule has 108 valence electrons. The predicted molar refractivity (Wildman–Crippen MR) is 71.4 cm³/mol. The van der Waals surface area contributed by atoms with E-state index in [4.69, 9.17) is 5.11 Å². The van der Waals surface area contributed by atoms with Gasteiger partial charge in [-0.3, -0.25) is 9.59 Å². The van der Waals surface area contributed by atoms with Crippen LogP contribution in [0, 0.1) is 0 Å². The molecule has 0 aliphatic carbocycles. The molecule has 7 heteroatoms. The second-order valence-corrected chi connectivity index (χ2v) is 4.47. The lowest BCUT2D eigenvalue weighted by molar-refractivity contribution is -0.121. The monoisotopic (exact) mass is 279 g/mol. The van der Waals surface area contributed by atoms with Crippen LogP contribution in [0.5, 0.6) is 0 Å². The fraction of sp³-hybridized carbons (Fsp3) is 0.385. The number of carboxylic acids is 1. The number of rotatable bonds is 6. The number of nitrogens with one attached hydrogen (secondary N) is 2. The van der Waals surface area contributed by atoms with Crippen molar-refractivity contribution in [2.45, 2.75) is 26.3 Å². The van der Waals surface area contributed by atoms with E-state index < -0.39 is 11.9 Å². The quantitative estimate of drug-likeness (QED) is 0.699. The van der Waals surface area contributed by atoms with E-state index in [2.05, 4.69) is 15.6 Å². The van der Waals surface area contributed by atoms with E-state index in [-0.39, 0.29) is 36.2 Å². The summed E-state index contributed by atoms with van der Waals surface area (Å²) < 4.78 is 0. The first-order valence-electron chi connectivity index (χ1n) is 6.17. The number of nitrogens with zero attached hydrogens (tertiary/aromatic N) is 1. The Bertz CT molecular complexity index is 497. The number of aromatic carboxylic acids is 1. The molecule has 0 saturated carbocycles. The molecule has 7 nitrogen and oxygen atoms in total. The van der Waals surface area contributed by atoms with E-state index in [9.17, 15) is 14.4 Å². The van der Waals surface area contributed by atoms with Crippen molar-refractivity contribution < 1.29 is 19.5 Å². The number of carboxylic acid groups (broad SMARTS) is 1. The van der Waals surface area contributed by atoms with Gasteiger partial charge in [-0.15, -0.1) is 0 Å². The first-order chi connectivity index (χ1) is 9.40. The van der Waals surface area contributed by atoms with Crippen LogP contribution < -0.4 is 10.6 Å². The van der Waals surface area contributed by atoms with Crippen LogP contribution in [-0.2, 0) is 4.79 Å². The maximum Gasteiger partial charge on any atom is 0.354 e. The summed E-state index contributed by atoms with van der Waals surface area (Å²) in [7, 11) is 0. The van der Waals surface area contributed by atoms with Gasteiger partial charge in [-0.2, -0.15) is 0 Å². The van der Waals surface area contributed by atoms with Crippen molar-refractivity contribution in [1.82, 2.24) is 15.6 Å². The van der Waals surface area contributed by atoms with E-state index in [1.807, 2.05) is 13.8 Å². The molecule has 0 fully saturated rings. The molecule has 1 rings (SSSR count). The molecule has 1 aromatic heterocycles. The summed E-state index contributed by atoms with van der Waals surface area (Å²) in [5.74, 6) is -1.69. The Kier molecular flexibility index (Phi) is 5.64. The zero-order valence-corrected chi connectivity index (χ0v) is 11.3. The molecule has 0 bridgehead atoms. The molecule has 20 heavy (non-hydrogen) atoms. The lowest BCUT2D eigenvalue weighted by atomic mass is 10.2. The van der Waals surface area contributed by atoms with Crippen molar-refractivity contribution in [3.05, 3.63) is 29.6 Å². The van der Waals surface area contributed by atoms with Gasteiger partial charge in [0.25, 0.3) is 5.91 Å². The molecule has 0 aliphatic rings. The van der Waals surface area contributed by atoms with Crippen LogP contribution >= 0.6 is 0 Å². The molecule has 0 aliphatic heterocycles. The van der Waals surface area contributed by atoms with E-state index in [1.165, 1.54) is 18.3 Å².